The molecule has 0 amide bonds. The highest BCUT2D eigenvalue weighted by molar-refractivity contribution is 5.13. The van der Waals surface area contributed by atoms with Gasteiger partial charge in [-0.05, 0) is 18.4 Å². The van der Waals surface area contributed by atoms with Crippen molar-refractivity contribution in [1.29, 1.82) is 0 Å². The fourth-order valence-electron chi connectivity index (χ4n) is 1.96. The summed E-state index contributed by atoms with van der Waals surface area (Å²) in [5.41, 5.74) is 1.12. The van der Waals surface area contributed by atoms with Crippen LogP contribution in [0.1, 0.15) is 24.8 Å². The van der Waals surface area contributed by atoms with Crippen LogP contribution in [0.15, 0.2) is 30.3 Å². The summed E-state index contributed by atoms with van der Waals surface area (Å²) in [5, 5.41) is 8.93. The van der Waals surface area contributed by atoms with Crippen molar-refractivity contribution in [2.45, 2.75) is 38.1 Å². The van der Waals surface area contributed by atoms with Crippen LogP contribution in [-0.2, 0) is 16.1 Å². The van der Waals surface area contributed by atoms with E-state index >= 15 is 0 Å². The third kappa shape index (κ3) is 4.06. The van der Waals surface area contributed by atoms with E-state index in [0.29, 0.717) is 13.0 Å². The van der Waals surface area contributed by atoms with Crippen molar-refractivity contribution in [1.82, 2.24) is 0 Å². The second-order valence-corrected chi connectivity index (χ2v) is 4.40. The van der Waals surface area contributed by atoms with Gasteiger partial charge in [0.2, 0.25) is 0 Å². The van der Waals surface area contributed by atoms with Crippen molar-refractivity contribution in [2.75, 3.05) is 6.61 Å². The Hall–Kier alpha value is -1.50. The van der Waals surface area contributed by atoms with Crippen LogP contribution in [0, 0.1) is 12.0 Å². The molecule has 1 heterocycles. The predicted octanol–water partition coefficient (Wildman–Crippen LogP) is 2.09. The van der Waals surface area contributed by atoms with Crippen molar-refractivity contribution in [3.63, 3.8) is 0 Å². The fraction of sp³-hybridized carbons (Fsp3) is 0.467. The summed E-state index contributed by atoms with van der Waals surface area (Å²) in [6.45, 7) is 0.618. The minimum absolute atomic E-state index is 0.00189. The van der Waals surface area contributed by atoms with E-state index in [-0.39, 0.29) is 18.8 Å². The van der Waals surface area contributed by atoms with E-state index in [2.05, 4.69) is 12.0 Å². The number of aliphatic hydroxyl groups excluding tert-OH is 1. The zero-order chi connectivity index (χ0) is 12.6. The first-order valence-corrected chi connectivity index (χ1v) is 6.28. The minimum atomic E-state index is 0.00189. The van der Waals surface area contributed by atoms with Gasteiger partial charge in [0.1, 0.15) is 12.7 Å². The Morgan fingerprint density at radius 3 is 2.72 bits per heavy atom. The molecule has 0 spiro atoms. The van der Waals surface area contributed by atoms with Gasteiger partial charge in [-0.25, -0.2) is 0 Å². The van der Waals surface area contributed by atoms with E-state index in [9.17, 15) is 0 Å². The number of rotatable bonds is 4. The van der Waals surface area contributed by atoms with Gasteiger partial charge in [-0.2, -0.15) is 0 Å². The first-order chi connectivity index (χ1) is 8.88. The zero-order valence-corrected chi connectivity index (χ0v) is 10.3. The lowest BCUT2D eigenvalue weighted by molar-refractivity contribution is 0.0141. The Bertz CT molecular complexity index is 405. The van der Waals surface area contributed by atoms with Gasteiger partial charge in [-0.1, -0.05) is 36.3 Å². The fourth-order valence-corrected chi connectivity index (χ4v) is 1.96. The van der Waals surface area contributed by atoms with Crippen LogP contribution in [0.5, 0.6) is 0 Å². The Morgan fingerprint density at radius 1 is 1.22 bits per heavy atom. The lowest BCUT2D eigenvalue weighted by atomic mass is 10.1. The van der Waals surface area contributed by atoms with Crippen molar-refractivity contribution >= 4 is 0 Å². The highest BCUT2D eigenvalue weighted by atomic mass is 16.5. The Kier molecular flexibility index (Phi) is 5.07. The van der Waals surface area contributed by atoms with Crippen LogP contribution in [-0.4, -0.2) is 23.9 Å². The average Bonchev–Trinajstić information content (AvgIpc) is 2.87. The van der Waals surface area contributed by atoms with Crippen LogP contribution in [0.25, 0.3) is 0 Å². The highest BCUT2D eigenvalue weighted by Crippen LogP contribution is 2.21. The van der Waals surface area contributed by atoms with Crippen LogP contribution in [0.4, 0.5) is 0 Å². The molecule has 1 fully saturated rings. The second-order valence-electron chi connectivity index (χ2n) is 4.40. The third-order valence-corrected chi connectivity index (χ3v) is 2.95. The summed E-state index contributed by atoms with van der Waals surface area (Å²) < 4.78 is 10.8. The number of hydrogen-bond donors (Lipinski definition) is 1. The monoisotopic (exact) mass is 246 g/mol. The maximum absolute atomic E-state index is 8.93. The molecule has 1 saturated heterocycles. The summed E-state index contributed by atoms with van der Waals surface area (Å²) in [6.07, 6.45) is 5.42. The lowest BCUT2D eigenvalue weighted by Gasteiger charge is -2.07. The third-order valence-electron chi connectivity index (χ3n) is 2.95. The first-order valence-electron chi connectivity index (χ1n) is 6.28. The molecule has 0 aromatic heterocycles. The van der Waals surface area contributed by atoms with Crippen molar-refractivity contribution < 1.29 is 14.6 Å². The molecule has 0 unspecified atom stereocenters. The smallest absolute Gasteiger partial charge is 0.125 e. The topological polar surface area (TPSA) is 38.7 Å². The molecule has 96 valence electrons. The van der Waals surface area contributed by atoms with E-state index in [1.165, 1.54) is 0 Å². The molecule has 1 N–H and O–H groups in total. The van der Waals surface area contributed by atoms with Gasteiger partial charge in [0, 0.05) is 6.42 Å². The molecule has 1 aliphatic heterocycles. The molecule has 0 aliphatic carbocycles. The SMILES string of the molecule is OC[C@H]1CC[C@@H](CC#COCc2ccccc2)O1. The number of ether oxygens (including phenoxy) is 2. The van der Waals surface area contributed by atoms with Crippen LogP contribution >= 0.6 is 0 Å². The average molecular weight is 246 g/mol. The van der Waals surface area contributed by atoms with Crippen LogP contribution in [0.3, 0.4) is 0 Å². The molecule has 0 bridgehead atoms. The van der Waals surface area contributed by atoms with Gasteiger partial charge in [0.25, 0.3) is 0 Å². The summed E-state index contributed by atoms with van der Waals surface area (Å²) in [4.78, 5) is 0. The molecule has 2 rings (SSSR count). The Balaban J connectivity index is 1.64. The van der Waals surface area contributed by atoms with Gasteiger partial charge < -0.3 is 14.6 Å². The van der Waals surface area contributed by atoms with Crippen molar-refractivity contribution in [3.05, 3.63) is 35.9 Å². The standard InChI is InChI=1S/C15H18O3/c16-11-15-9-8-14(18-15)7-4-10-17-12-13-5-2-1-3-6-13/h1-3,5-6,14-16H,7-9,11-12H2/t14-,15-/m1/s1. The number of benzene rings is 1. The predicted molar refractivity (Wildman–Crippen MR) is 68.6 cm³/mol. The largest absolute Gasteiger partial charge is 0.442 e. The van der Waals surface area contributed by atoms with E-state index < -0.39 is 0 Å². The summed E-state index contributed by atoms with van der Waals surface area (Å²) in [6, 6.07) is 9.95. The van der Waals surface area contributed by atoms with E-state index in [1.54, 1.807) is 0 Å². The Labute approximate surface area is 108 Å². The first kappa shape index (κ1) is 12.9. The van der Waals surface area contributed by atoms with E-state index in [4.69, 9.17) is 14.6 Å². The van der Waals surface area contributed by atoms with Crippen molar-refractivity contribution in [2.24, 2.45) is 0 Å². The Morgan fingerprint density at radius 2 is 2.00 bits per heavy atom. The molecule has 18 heavy (non-hydrogen) atoms. The van der Waals surface area contributed by atoms with E-state index in [1.807, 2.05) is 30.3 Å². The summed E-state index contributed by atoms with van der Waals surface area (Å²) in [5.74, 6) is 2.96. The minimum Gasteiger partial charge on any atom is -0.442 e. The second kappa shape index (κ2) is 7.05. The van der Waals surface area contributed by atoms with Gasteiger partial charge in [-0.15, -0.1) is 0 Å². The van der Waals surface area contributed by atoms with Gasteiger partial charge in [0.05, 0.1) is 18.8 Å². The molecular formula is C15H18O3. The molecule has 0 radical (unpaired) electrons. The van der Waals surface area contributed by atoms with Gasteiger partial charge in [-0.3, -0.25) is 0 Å². The lowest BCUT2D eigenvalue weighted by Crippen LogP contribution is -2.13. The van der Waals surface area contributed by atoms with Gasteiger partial charge >= 0.3 is 0 Å². The summed E-state index contributed by atoms with van der Waals surface area (Å²) >= 11 is 0. The van der Waals surface area contributed by atoms with Crippen LogP contribution < -0.4 is 0 Å². The molecular weight excluding hydrogens is 228 g/mol. The summed E-state index contributed by atoms with van der Waals surface area (Å²) in [7, 11) is 0. The number of aliphatic hydroxyl groups is 1. The molecule has 0 saturated carbocycles. The molecule has 3 nitrogen and oxygen atoms in total. The van der Waals surface area contributed by atoms with Crippen molar-refractivity contribution in [3.8, 4) is 12.0 Å². The number of hydrogen-bond acceptors (Lipinski definition) is 3. The molecule has 1 aromatic rings. The molecule has 1 aromatic carbocycles. The quantitative estimate of drug-likeness (QED) is 0.827. The zero-order valence-electron chi connectivity index (χ0n) is 10.3. The molecule has 1 aliphatic rings. The maximum atomic E-state index is 8.93. The highest BCUT2D eigenvalue weighted by Gasteiger charge is 2.23. The van der Waals surface area contributed by atoms with Crippen LogP contribution in [0.2, 0.25) is 0 Å². The maximum Gasteiger partial charge on any atom is 0.125 e. The van der Waals surface area contributed by atoms with Gasteiger partial charge in [0.15, 0.2) is 0 Å². The molecule has 2 atom stereocenters. The normalized spacial score (nSPS) is 22.3. The molecule has 3 heteroatoms. The van der Waals surface area contributed by atoms with E-state index in [0.717, 1.165) is 18.4 Å².